The Morgan fingerprint density at radius 1 is 1.53 bits per heavy atom. The molecule has 1 atom stereocenters. The molecule has 7 nitrogen and oxygen atoms in total. The number of aliphatic imine (C=N–C) groups is 1. The van der Waals surface area contributed by atoms with Crippen LogP contribution < -0.4 is 11.1 Å². The maximum Gasteiger partial charge on any atom is 0.189 e. The van der Waals surface area contributed by atoms with E-state index < -0.39 is 0 Å². The van der Waals surface area contributed by atoms with Crippen LogP contribution in [0.2, 0.25) is 0 Å². The average molecular weight is 266 g/mol. The van der Waals surface area contributed by atoms with Crippen LogP contribution in [0.1, 0.15) is 31.4 Å². The van der Waals surface area contributed by atoms with Gasteiger partial charge >= 0.3 is 0 Å². The monoisotopic (exact) mass is 266 g/mol. The number of hydrogen-bond acceptors (Lipinski definition) is 4. The Morgan fingerprint density at radius 2 is 2.37 bits per heavy atom. The van der Waals surface area contributed by atoms with Crippen molar-refractivity contribution in [1.82, 2.24) is 20.1 Å². The third-order valence-electron chi connectivity index (χ3n) is 3.14. The Labute approximate surface area is 113 Å². The van der Waals surface area contributed by atoms with Crippen molar-refractivity contribution >= 4 is 5.96 Å². The van der Waals surface area contributed by atoms with Gasteiger partial charge in [0.1, 0.15) is 12.4 Å². The molecule has 0 radical (unpaired) electrons. The summed E-state index contributed by atoms with van der Waals surface area (Å²) in [6, 6.07) is 0.140. The van der Waals surface area contributed by atoms with Gasteiger partial charge in [0.15, 0.2) is 11.8 Å². The summed E-state index contributed by atoms with van der Waals surface area (Å²) < 4.78 is 7.18. The number of nitrogens with one attached hydrogen (secondary N) is 1. The van der Waals surface area contributed by atoms with Crippen molar-refractivity contribution in [1.29, 1.82) is 0 Å². The molecule has 0 spiro atoms. The van der Waals surface area contributed by atoms with E-state index in [9.17, 15) is 0 Å². The summed E-state index contributed by atoms with van der Waals surface area (Å²) in [5.41, 5.74) is 5.82. The van der Waals surface area contributed by atoms with E-state index in [1.54, 1.807) is 7.11 Å². The Kier molecular flexibility index (Phi) is 4.73. The second-order valence-corrected chi connectivity index (χ2v) is 4.84. The first kappa shape index (κ1) is 13.8. The van der Waals surface area contributed by atoms with Crippen LogP contribution in [0.3, 0.4) is 0 Å². The highest BCUT2D eigenvalue weighted by atomic mass is 16.5. The molecule has 0 fully saturated rings. The van der Waals surface area contributed by atoms with Crippen molar-refractivity contribution in [3.8, 4) is 0 Å². The van der Waals surface area contributed by atoms with Gasteiger partial charge in [-0.25, -0.2) is 4.99 Å². The molecule has 106 valence electrons. The van der Waals surface area contributed by atoms with Crippen LogP contribution >= 0.6 is 0 Å². The number of fused-ring (bicyclic) bond motifs is 1. The van der Waals surface area contributed by atoms with Gasteiger partial charge in [0.25, 0.3) is 0 Å². The van der Waals surface area contributed by atoms with E-state index in [0.717, 1.165) is 24.6 Å². The highest BCUT2D eigenvalue weighted by molar-refractivity contribution is 5.78. The number of nitrogens with two attached hydrogens (primary N) is 1. The van der Waals surface area contributed by atoms with E-state index >= 15 is 0 Å². The third-order valence-corrected chi connectivity index (χ3v) is 3.14. The highest BCUT2D eigenvalue weighted by Crippen LogP contribution is 2.14. The van der Waals surface area contributed by atoms with Gasteiger partial charge in [-0.2, -0.15) is 0 Å². The zero-order valence-corrected chi connectivity index (χ0v) is 11.6. The summed E-state index contributed by atoms with van der Waals surface area (Å²) >= 11 is 0. The van der Waals surface area contributed by atoms with Gasteiger partial charge in [0.2, 0.25) is 0 Å². The van der Waals surface area contributed by atoms with Gasteiger partial charge < -0.3 is 20.4 Å². The molecular weight excluding hydrogens is 244 g/mol. The van der Waals surface area contributed by atoms with Crippen molar-refractivity contribution in [2.75, 3.05) is 13.7 Å². The molecule has 2 heterocycles. The molecule has 0 amide bonds. The van der Waals surface area contributed by atoms with Gasteiger partial charge in [-0.3, -0.25) is 0 Å². The van der Waals surface area contributed by atoms with Gasteiger partial charge in [-0.1, -0.05) is 0 Å². The lowest BCUT2D eigenvalue weighted by Crippen LogP contribution is -2.40. The lowest BCUT2D eigenvalue weighted by atomic mass is 10.2. The van der Waals surface area contributed by atoms with E-state index in [1.165, 1.54) is 12.8 Å². The van der Waals surface area contributed by atoms with Gasteiger partial charge in [-0.15, -0.1) is 10.2 Å². The van der Waals surface area contributed by atoms with Crippen LogP contribution in [0.25, 0.3) is 0 Å². The third kappa shape index (κ3) is 3.66. The van der Waals surface area contributed by atoms with Crippen molar-refractivity contribution in [3.05, 3.63) is 11.6 Å². The normalized spacial score (nSPS) is 17.1. The van der Waals surface area contributed by atoms with E-state index in [-0.39, 0.29) is 6.04 Å². The molecule has 0 aromatic carbocycles. The predicted octanol–water partition coefficient (Wildman–Crippen LogP) is 0.0536. The minimum Gasteiger partial charge on any atom is -0.383 e. The van der Waals surface area contributed by atoms with Gasteiger partial charge in [0, 0.05) is 26.1 Å². The van der Waals surface area contributed by atoms with Crippen LogP contribution in [0.15, 0.2) is 4.99 Å². The van der Waals surface area contributed by atoms with Crippen molar-refractivity contribution in [3.63, 3.8) is 0 Å². The summed E-state index contributed by atoms with van der Waals surface area (Å²) in [6.07, 6.45) is 3.38. The maximum atomic E-state index is 5.82. The predicted molar refractivity (Wildman–Crippen MR) is 72.8 cm³/mol. The number of hydrogen-bond donors (Lipinski definition) is 2. The second-order valence-electron chi connectivity index (χ2n) is 4.84. The molecule has 19 heavy (non-hydrogen) atoms. The summed E-state index contributed by atoms with van der Waals surface area (Å²) in [4.78, 5) is 4.30. The van der Waals surface area contributed by atoms with Gasteiger partial charge in [0.05, 0.1) is 6.61 Å². The SMILES string of the molecule is COCC(C)NC(N)=NCc1nnc2n1CCCC2. The molecule has 3 N–H and O–H groups in total. The molecule has 7 heteroatoms. The Morgan fingerprint density at radius 3 is 3.16 bits per heavy atom. The zero-order valence-electron chi connectivity index (χ0n) is 11.6. The fourth-order valence-electron chi connectivity index (χ4n) is 2.23. The quantitative estimate of drug-likeness (QED) is 0.580. The summed E-state index contributed by atoms with van der Waals surface area (Å²) in [5, 5.41) is 11.4. The molecule has 2 rings (SSSR count). The fourth-order valence-corrected chi connectivity index (χ4v) is 2.23. The van der Waals surface area contributed by atoms with E-state index in [1.807, 2.05) is 6.92 Å². The largest absolute Gasteiger partial charge is 0.383 e. The zero-order chi connectivity index (χ0) is 13.7. The summed E-state index contributed by atoms with van der Waals surface area (Å²) in [6.45, 7) is 4.04. The number of rotatable bonds is 5. The van der Waals surface area contributed by atoms with Gasteiger partial charge in [-0.05, 0) is 19.8 Å². The van der Waals surface area contributed by atoms with Crippen LogP contribution in [0.4, 0.5) is 0 Å². The minimum absolute atomic E-state index is 0.140. The highest BCUT2D eigenvalue weighted by Gasteiger charge is 2.15. The molecule has 1 aliphatic heterocycles. The number of guanidine groups is 1. The molecule has 0 aliphatic carbocycles. The maximum absolute atomic E-state index is 5.82. The van der Waals surface area contributed by atoms with Crippen molar-refractivity contribution in [2.24, 2.45) is 10.7 Å². The van der Waals surface area contributed by atoms with E-state index in [4.69, 9.17) is 10.5 Å². The summed E-state index contributed by atoms with van der Waals surface area (Å²) in [7, 11) is 1.66. The topological polar surface area (TPSA) is 90.3 Å². The Balaban J connectivity index is 1.92. The van der Waals surface area contributed by atoms with E-state index in [2.05, 4.69) is 25.1 Å². The van der Waals surface area contributed by atoms with Crippen molar-refractivity contribution in [2.45, 2.75) is 45.3 Å². The number of aryl methyl sites for hydroxylation is 1. The molecule has 0 saturated carbocycles. The first-order chi connectivity index (χ1) is 9.20. The number of methoxy groups -OCH3 is 1. The first-order valence-corrected chi connectivity index (χ1v) is 6.67. The molecule has 1 unspecified atom stereocenters. The first-order valence-electron chi connectivity index (χ1n) is 6.67. The molecule has 1 aliphatic rings. The molecule has 0 bridgehead atoms. The van der Waals surface area contributed by atoms with Crippen molar-refractivity contribution < 1.29 is 4.74 Å². The van der Waals surface area contributed by atoms with Crippen LogP contribution in [-0.2, 0) is 24.2 Å². The fraction of sp³-hybridized carbons (Fsp3) is 0.750. The molecule has 0 saturated heterocycles. The molecule has 1 aromatic heterocycles. The molecular formula is C12H22N6O. The van der Waals surface area contributed by atoms with Crippen LogP contribution in [-0.4, -0.2) is 40.5 Å². The lowest BCUT2D eigenvalue weighted by molar-refractivity contribution is 0.179. The van der Waals surface area contributed by atoms with Crippen LogP contribution in [0.5, 0.6) is 0 Å². The average Bonchev–Trinajstić information content (AvgIpc) is 2.80. The second kappa shape index (κ2) is 6.51. The lowest BCUT2D eigenvalue weighted by Gasteiger charge is -2.15. The summed E-state index contributed by atoms with van der Waals surface area (Å²) in [5.74, 6) is 2.37. The van der Waals surface area contributed by atoms with Crippen LogP contribution in [0, 0.1) is 0 Å². The van der Waals surface area contributed by atoms with E-state index in [0.29, 0.717) is 19.1 Å². The minimum atomic E-state index is 0.140. The number of aromatic nitrogens is 3. The molecule has 1 aromatic rings. The number of nitrogens with zero attached hydrogens (tertiary/aromatic N) is 4. The number of ether oxygens (including phenoxy) is 1. The Bertz CT molecular complexity index is 441. The smallest absolute Gasteiger partial charge is 0.189 e. The Hall–Kier alpha value is -1.63. The standard InChI is InChI=1S/C12H22N6O/c1-9(8-19-2)15-12(13)14-7-11-17-16-10-5-3-4-6-18(10)11/h9H,3-8H2,1-2H3,(H3,13,14,15).